The maximum Gasteiger partial charge on any atom is 0.122 e. The monoisotopic (exact) mass is 219 g/mol. The lowest BCUT2D eigenvalue weighted by Gasteiger charge is -2.13. The molecule has 1 fully saturated rings. The lowest BCUT2D eigenvalue weighted by atomic mass is 10.1. The number of rotatable bonds is 5. The van der Waals surface area contributed by atoms with Crippen LogP contribution in [0.25, 0.3) is 0 Å². The van der Waals surface area contributed by atoms with Crippen LogP contribution in [0.1, 0.15) is 30.9 Å². The summed E-state index contributed by atoms with van der Waals surface area (Å²) in [6.45, 7) is 5.29. The van der Waals surface area contributed by atoms with E-state index in [2.05, 4.69) is 37.4 Å². The zero-order valence-electron chi connectivity index (χ0n) is 10.4. The Balaban J connectivity index is 1.93. The SMILES string of the molecule is COc1cc(CNC(C)C2CC2)ccc1C. The first-order chi connectivity index (χ1) is 7.70. The maximum absolute atomic E-state index is 5.32. The molecule has 16 heavy (non-hydrogen) atoms. The van der Waals surface area contributed by atoms with Gasteiger partial charge in [-0.3, -0.25) is 0 Å². The second-order valence-electron chi connectivity index (χ2n) is 4.81. The molecule has 0 aliphatic heterocycles. The lowest BCUT2D eigenvalue weighted by Crippen LogP contribution is -2.27. The lowest BCUT2D eigenvalue weighted by molar-refractivity contribution is 0.410. The molecule has 1 aliphatic rings. The van der Waals surface area contributed by atoms with Crippen LogP contribution >= 0.6 is 0 Å². The normalized spacial score (nSPS) is 17.2. The topological polar surface area (TPSA) is 21.3 Å². The minimum atomic E-state index is 0.646. The van der Waals surface area contributed by atoms with E-state index in [1.807, 2.05) is 0 Å². The Labute approximate surface area is 98.0 Å². The summed E-state index contributed by atoms with van der Waals surface area (Å²) < 4.78 is 5.32. The van der Waals surface area contributed by atoms with Gasteiger partial charge in [0.15, 0.2) is 0 Å². The summed E-state index contributed by atoms with van der Waals surface area (Å²) in [7, 11) is 1.73. The van der Waals surface area contributed by atoms with Gasteiger partial charge in [-0.2, -0.15) is 0 Å². The van der Waals surface area contributed by atoms with E-state index in [1.165, 1.54) is 24.0 Å². The van der Waals surface area contributed by atoms with E-state index >= 15 is 0 Å². The van der Waals surface area contributed by atoms with Gasteiger partial charge < -0.3 is 10.1 Å². The number of aryl methyl sites for hydroxylation is 1. The van der Waals surface area contributed by atoms with E-state index in [9.17, 15) is 0 Å². The number of benzene rings is 1. The predicted molar refractivity (Wildman–Crippen MR) is 66.8 cm³/mol. The maximum atomic E-state index is 5.32. The zero-order chi connectivity index (χ0) is 11.5. The Morgan fingerprint density at radius 2 is 2.19 bits per heavy atom. The largest absolute Gasteiger partial charge is 0.496 e. The second-order valence-corrected chi connectivity index (χ2v) is 4.81. The van der Waals surface area contributed by atoms with Crippen LogP contribution in [0.2, 0.25) is 0 Å². The quantitative estimate of drug-likeness (QED) is 0.822. The molecule has 2 heteroatoms. The van der Waals surface area contributed by atoms with Crippen molar-refractivity contribution in [1.29, 1.82) is 0 Å². The molecule has 1 aromatic carbocycles. The average molecular weight is 219 g/mol. The first kappa shape index (κ1) is 11.5. The third-order valence-corrected chi connectivity index (χ3v) is 3.43. The summed E-state index contributed by atoms with van der Waals surface area (Å²) in [5.74, 6) is 1.89. The van der Waals surface area contributed by atoms with Crippen molar-refractivity contribution in [3.8, 4) is 5.75 Å². The van der Waals surface area contributed by atoms with Crippen molar-refractivity contribution in [3.63, 3.8) is 0 Å². The Bertz CT molecular complexity index is 358. The van der Waals surface area contributed by atoms with Crippen molar-refractivity contribution < 1.29 is 4.74 Å². The molecule has 0 bridgehead atoms. The molecule has 1 saturated carbocycles. The van der Waals surface area contributed by atoms with E-state index in [4.69, 9.17) is 4.74 Å². The smallest absolute Gasteiger partial charge is 0.122 e. The van der Waals surface area contributed by atoms with Gasteiger partial charge in [0, 0.05) is 12.6 Å². The average Bonchev–Trinajstić information content (AvgIpc) is 3.11. The molecule has 1 aromatic rings. The fourth-order valence-corrected chi connectivity index (χ4v) is 2.02. The number of ether oxygens (including phenoxy) is 1. The van der Waals surface area contributed by atoms with E-state index in [0.717, 1.165) is 18.2 Å². The molecule has 1 unspecified atom stereocenters. The molecule has 1 aliphatic carbocycles. The van der Waals surface area contributed by atoms with Crippen LogP contribution in [0.4, 0.5) is 0 Å². The van der Waals surface area contributed by atoms with E-state index in [1.54, 1.807) is 7.11 Å². The summed E-state index contributed by atoms with van der Waals surface area (Å²) in [5.41, 5.74) is 2.50. The van der Waals surface area contributed by atoms with Crippen molar-refractivity contribution in [1.82, 2.24) is 5.32 Å². The number of methoxy groups -OCH3 is 1. The molecule has 0 radical (unpaired) electrons. The third-order valence-electron chi connectivity index (χ3n) is 3.43. The van der Waals surface area contributed by atoms with Gasteiger partial charge in [0.25, 0.3) is 0 Å². The highest BCUT2D eigenvalue weighted by atomic mass is 16.5. The van der Waals surface area contributed by atoms with Gasteiger partial charge in [-0.15, -0.1) is 0 Å². The van der Waals surface area contributed by atoms with E-state index in [0.29, 0.717) is 6.04 Å². The molecule has 0 aromatic heterocycles. The zero-order valence-corrected chi connectivity index (χ0v) is 10.4. The molecule has 2 rings (SSSR count). The molecular formula is C14H21NO. The van der Waals surface area contributed by atoms with Crippen LogP contribution in [0.3, 0.4) is 0 Å². The van der Waals surface area contributed by atoms with Gasteiger partial charge in [-0.05, 0) is 49.8 Å². The van der Waals surface area contributed by atoms with Crippen LogP contribution < -0.4 is 10.1 Å². The van der Waals surface area contributed by atoms with Crippen molar-refractivity contribution in [2.75, 3.05) is 7.11 Å². The van der Waals surface area contributed by atoms with Gasteiger partial charge in [-0.1, -0.05) is 12.1 Å². The fraction of sp³-hybridized carbons (Fsp3) is 0.571. The van der Waals surface area contributed by atoms with Crippen LogP contribution in [0, 0.1) is 12.8 Å². The first-order valence-corrected chi connectivity index (χ1v) is 6.07. The molecule has 2 nitrogen and oxygen atoms in total. The Kier molecular flexibility index (Phi) is 3.49. The van der Waals surface area contributed by atoms with E-state index in [-0.39, 0.29) is 0 Å². The van der Waals surface area contributed by atoms with Gasteiger partial charge in [0.1, 0.15) is 5.75 Å². The molecule has 0 amide bonds. The van der Waals surface area contributed by atoms with Crippen LogP contribution in [-0.2, 0) is 6.54 Å². The van der Waals surface area contributed by atoms with Gasteiger partial charge >= 0.3 is 0 Å². The first-order valence-electron chi connectivity index (χ1n) is 6.07. The molecule has 0 spiro atoms. The molecule has 0 heterocycles. The van der Waals surface area contributed by atoms with Crippen molar-refractivity contribution in [2.24, 2.45) is 5.92 Å². The standard InChI is InChI=1S/C14H21NO/c1-10-4-5-12(8-14(10)16-3)9-15-11(2)13-6-7-13/h4-5,8,11,13,15H,6-7,9H2,1-3H3. The highest BCUT2D eigenvalue weighted by Crippen LogP contribution is 2.32. The molecule has 0 saturated heterocycles. The highest BCUT2D eigenvalue weighted by Gasteiger charge is 2.27. The Morgan fingerprint density at radius 1 is 1.44 bits per heavy atom. The summed E-state index contributed by atoms with van der Waals surface area (Å²) in [5, 5.41) is 3.58. The summed E-state index contributed by atoms with van der Waals surface area (Å²) in [6, 6.07) is 7.07. The Morgan fingerprint density at radius 3 is 2.81 bits per heavy atom. The van der Waals surface area contributed by atoms with Crippen molar-refractivity contribution in [2.45, 2.75) is 39.3 Å². The van der Waals surface area contributed by atoms with Gasteiger partial charge in [-0.25, -0.2) is 0 Å². The molecule has 1 N–H and O–H groups in total. The Hall–Kier alpha value is -1.02. The van der Waals surface area contributed by atoms with Crippen LogP contribution in [0.15, 0.2) is 18.2 Å². The molecular weight excluding hydrogens is 198 g/mol. The van der Waals surface area contributed by atoms with E-state index < -0.39 is 0 Å². The van der Waals surface area contributed by atoms with Crippen LogP contribution in [0.5, 0.6) is 5.75 Å². The molecule has 88 valence electrons. The van der Waals surface area contributed by atoms with Gasteiger partial charge in [0.05, 0.1) is 7.11 Å². The molecule has 1 atom stereocenters. The number of hydrogen-bond donors (Lipinski definition) is 1. The highest BCUT2D eigenvalue weighted by molar-refractivity contribution is 5.36. The minimum absolute atomic E-state index is 0.646. The van der Waals surface area contributed by atoms with Crippen molar-refractivity contribution in [3.05, 3.63) is 29.3 Å². The van der Waals surface area contributed by atoms with Crippen molar-refractivity contribution >= 4 is 0 Å². The minimum Gasteiger partial charge on any atom is -0.496 e. The predicted octanol–water partition coefficient (Wildman–Crippen LogP) is 2.89. The fourth-order valence-electron chi connectivity index (χ4n) is 2.02. The van der Waals surface area contributed by atoms with Crippen LogP contribution in [-0.4, -0.2) is 13.2 Å². The summed E-state index contributed by atoms with van der Waals surface area (Å²) >= 11 is 0. The summed E-state index contributed by atoms with van der Waals surface area (Å²) in [4.78, 5) is 0. The summed E-state index contributed by atoms with van der Waals surface area (Å²) in [6.07, 6.45) is 2.79. The number of hydrogen-bond acceptors (Lipinski definition) is 2. The van der Waals surface area contributed by atoms with Gasteiger partial charge in [0.2, 0.25) is 0 Å². The second kappa shape index (κ2) is 4.88. The third kappa shape index (κ3) is 2.76. The number of nitrogens with one attached hydrogen (secondary N) is 1.